The Morgan fingerprint density at radius 1 is 1.38 bits per heavy atom. The van der Waals surface area contributed by atoms with E-state index in [2.05, 4.69) is 4.74 Å². The fraction of sp³-hybridized carbons (Fsp3) is 0.364. The van der Waals surface area contributed by atoms with E-state index in [1.165, 1.54) is 7.11 Å². The molecule has 0 amide bonds. The van der Waals surface area contributed by atoms with Crippen molar-refractivity contribution in [2.45, 2.75) is 19.1 Å². The predicted octanol–water partition coefficient (Wildman–Crippen LogP) is 1.28. The van der Waals surface area contributed by atoms with Crippen molar-refractivity contribution >= 4 is 18.4 Å². The van der Waals surface area contributed by atoms with Crippen LogP contribution < -0.4 is 5.73 Å². The van der Waals surface area contributed by atoms with Gasteiger partial charge in [-0.1, -0.05) is 12.1 Å². The predicted molar refractivity (Wildman–Crippen MR) is 63.6 cm³/mol. The van der Waals surface area contributed by atoms with E-state index >= 15 is 0 Å². The number of ether oxygens (including phenoxy) is 1. The third-order valence-corrected chi connectivity index (χ3v) is 2.24. The van der Waals surface area contributed by atoms with Gasteiger partial charge < -0.3 is 15.6 Å². The lowest BCUT2D eigenvalue weighted by Gasteiger charge is -2.14. The van der Waals surface area contributed by atoms with Crippen LogP contribution in [-0.4, -0.2) is 24.3 Å². The van der Waals surface area contributed by atoms with Crippen molar-refractivity contribution in [3.63, 3.8) is 0 Å². The number of aliphatic hydroxyl groups is 1. The highest BCUT2D eigenvalue weighted by molar-refractivity contribution is 5.89. The van der Waals surface area contributed by atoms with E-state index in [1.807, 2.05) is 0 Å². The number of methoxy groups -OCH3 is 1. The Morgan fingerprint density at radius 2 is 1.88 bits per heavy atom. The topological polar surface area (TPSA) is 72.5 Å². The Bertz CT molecular complexity index is 338. The summed E-state index contributed by atoms with van der Waals surface area (Å²) in [5, 5.41) is 9.28. The normalized spacial score (nSPS) is 13.5. The highest BCUT2D eigenvalue weighted by atomic mass is 35.5. The molecule has 0 fully saturated rings. The van der Waals surface area contributed by atoms with Crippen LogP contribution in [0.2, 0.25) is 0 Å². The van der Waals surface area contributed by atoms with Gasteiger partial charge >= 0.3 is 5.97 Å². The molecule has 0 bridgehead atoms. The number of hydrogen-bond acceptors (Lipinski definition) is 4. The molecule has 0 radical (unpaired) electrons. The SMILES string of the molecule is COC(=O)c1ccc([C@@H](N)[C@H](C)O)cc1.Cl. The number of carbonyl (C=O) groups is 1. The molecule has 0 unspecified atom stereocenters. The summed E-state index contributed by atoms with van der Waals surface area (Å²) < 4.78 is 4.56. The van der Waals surface area contributed by atoms with Gasteiger partial charge in [0.15, 0.2) is 0 Å². The molecule has 0 saturated carbocycles. The van der Waals surface area contributed by atoms with Gasteiger partial charge in [0.2, 0.25) is 0 Å². The quantitative estimate of drug-likeness (QED) is 0.787. The molecule has 0 saturated heterocycles. The summed E-state index contributed by atoms with van der Waals surface area (Å²) in [5.41, 5.74) is 6.99. The molecule has 0 heterocycles. The fourth-order valence-corrected chi connectivity index (χ4v) is 1.24. The average Bonchev–Trinajstić information content (AvgIpc) is 2.27. The average molecular weight is 246 g/mol. The monoisotopic (exact) mass is 245 g/mol. The lowest BCUT2D eigenvalue weighted by molar-refractivity contribution is 0.0600. The summed E-state index contributed by atoms with van der Waals surface area (Å²) in [7, 11) is 1.33. The van der Waals surface area contributed by atoms with E-state index in [-0.39, 0.29) is 18.4 Å². The third-order valence-electron chi connectivity index (χ3n) is 2.24. The molecule has 5 heteroatoms. The lowest BCUT2D eigenvalue weighted by Crippen LogP contribution is -2.23. The van der Waals surface area contributed by atoms with Gasteiger partial charge in [-0.3, -0.25) is 0 Å². The van der Waals surface area contributed by atoms with E-state index in [0.717, 1.165) is 5.56 Å². The molecule has 0 aliphatic carbocycles. The minimum atomic E-state index is -0.617. The van der Waals surface area contributed by atoms with Crippen molar-refractivity contribution < 1.29 is 14.6 Å². The van der Waals surface area contributed by atoms with Crippen molar-refractivity contribution in [1.82, 2.24) is 0 Å². The number of carbonyl (C=O) groups excluding carboxylic acids is 1. The number of aliphatic hydroxyl groups excluding tert-OH is 1. The maximum absolute atomic E-state index is 11.1. The number of halogens is 1. The van der Waals surface area contributed by atoms with Gasteiger partial charge in [0.1, 0.15) is 0 Å². The maximum atomic E-state index is 11.1. The summed E-state index contributed by atoms with van der Waals surface area (Å²) in [5.74, 6) is -0.382. The van der Waals surface area contributed by atoms with E-state index in [9.17, 15) is 9.90 Å². The van der Waals surface area contributed by atoms with Crippen molar-refractivity contribution in [1.29, 1.82) is 0 Å². The van der Waals surface area contributed by atoms with E-state index in [4.69, 9.17) is 5.73 Å². The molecule has 0 aliphatic heterocycles. The van der Waals surface area contributed by atoms with Crippen LogP contribution in [0.15, 0.2) is 24.3 Å². The molecule has 2 atom stereocenters. The first-order valence-electron chi connectivity index (χ1n) is 4.68. The standard InChI is InChI=1S/C11H15NO3.ClH/c1-7(13)10(12)8-3-5-9(6-4-8)11(14)15-2;/h3-7,10,13H,12H2,1-2H3;1H/t7-,10-;/m0./s1. The van der Waals surface area contributed by atoms with E-state index < -0.39 is 12.1 Å². The molecular weight excluding hydrogens is 230 g/mol. The zero-order chi connectivity index (χ0) is 11.4. The second kappa shape index (κ2) is 6.48. The summed E-state index contributed by atoms with van der Waals surface area (Å²) in [6.45, 7) is 1.62. The Balaban J connectivity index is 0.00000225. The van der Waals surface area contributed by atoms with Gasteiger partial charge in [-0.25, -0.2) is 4.79 Å². The van der Waals surface area contributed by atoms with Crippen molar-refractivity contribution in [3.8, 4) is 0 Å². The Kier molecular flexibility index (Phi) is 6.03. The number of hydrogen-bond donors (Lipinski definition) is 2. The molecule has 0 aromatic heterocycles. The highest BCUT2D eigenvalue weighted by Gasteiger charge is 2.12. The van der Waals surface area contributed by atoms with Crippen molar-refractivity contribution in [2.75, 3.05) is 7.11 Å². The van der Waals surface area contributed by atoms with Gasteiger partial charge in [0.25, 0.3) is 0 Å². The van der Waals surface area contributed by atoms with Crippen LogP contribution >= 0.6 is 12.4 Å². The number of rotatable bonds is 3. The largest absolute Gasteiger partial charge is 0.465 e. The Morgan fingerprint density at radius 3 is 2.25 bits per heavy atom. The molecular formula is C11H16ClNO3. The molecule has 1 aromatic carbocycles. The van der Waals surface area contributed by atoms with Crippen LogP contribution in [0.1, 0.15) is 28.9 Å². The summed E-state index contributed by atoms with van der Waals surface area (Å²) in [6.07, 6.45) is -0.617. The summed E-state index contributed by atoms with van der Waals surface area (Å²) in [6, 6.07) is 6.25. The maximum Gasteiger partial charge on any atom is 0.337 e. The first-order valence-corrected chi connectivity index (χ1v) is 4.68. The first kappa shape index (κ1) is 14.9. The van der Waals surface area contributed by atoms with Gasteiger partial charge in [0, 0.05) is 0 Å². The van der Waals surface area contributed by atoms with Crippen molar-refractivity contribution in [2.24, 2.45) is 5.73 Å². The fourth-order valence-electron chi connectivity index (χ4n) is 1.24. The molecule has 0 spiro atoms. The molecule has 3 N–H and O–H groups in total. The molecule has 4 nitrogen and oxygen atoms in total. The Labute approximate surface area is 101 Å². The van der Waals surface area contributed by atoms with Gasteiger partial charge in [-0.15, -0.1) is 12.4 Å². The zero-order valence-electron chi connectivity index (χ0n) is 9.21. The van der Waals surface area contributed by atoms with E-state index in [1.54, 1.807) is 31.2 Å². The molecule has 1 aromatic rings. The molecule has 1 rings (SSSR count). The highest BCUT2D eigenvalue weighted by Crippen LogP contribution is 2.15. The van der Waals surface area contributed by atoms with Crippen LogP contribution in [0.4, 0.5) is 0 Å². The van der Waals surface area contributed by atoms with Crippen LogP contribution in [0, 0.1) is 0 Å². The van der Waals surface area contributed by atoms with Crippen LogP contribution in [0.25, 0.3) is 0 Å². The van der Waals surface area contributed by atoms with Crippen LogP contribution in [-0.2, 0) is 4.74 Å². The lowest BCUT2D eigenvalue weighted by atomic mass is 10.0. The third kappa shape index (κ3) is 3.48. The second-order valence-electron chi connectivity index (χ2n) is 3.38. The van der Waals surface area contributed by atoms with E-state index in [0.29, 0.717) is 5.56 Å². The summed E-state index contributed by atoms with van der Waals surface area (Å²) in [4.78, 5) is 11.1. The zero-order valence-corrected chi connectivity index (χ0v) is 10.0. The number of esters is 1. The first-order chi connectivity index (χ1) is 7.06. The molecule has 16 heavy (non-hydrogen) atoms. The van der Waals surface area contributed by atoms with Crippen LogP contribution in [0.3, 0.4) is 0 Å². The minimum absolute atomic E-state index is 0. The molecule has 0 aliphatic rings. The number of nitrogens with two attached hydrogens (primary N) is 1. The summed E-state index contributed by atoms with van der Waals surface area (Å²) >= 11 is 0. The smallest absolute Gasteiger partial charge is 0.337 e. The second-order valence-corrected chi connectivity index (χ2v) is 3.38. The van der Waals surface area contributed by atoms with Crippen LogP contribution in [0.5, 0.6) is 0 Å². The van der Waals surface area contributed by atoms with Crippen molar-refractivity contribution in [3.05, 3.63) is 35.4 Å². The Hall–Kier alpha value is -1.10. The van der Waals surface area contributed by atoms with Gasteiger partial charge in [-0.05, 0) is 24.6 Å². The molecule has 90 valence electrons. The number of benzene rings is 1. The van der Waals surface area contributed by atoms with Gasteiger partial charge in [-0.2, -0.15) is 0 Å². The minimum Gasteiger partial charge on any atom is -0.465 e. The van der Waals surface area contributed by atoms with Gasteiger partial charge in [0.05, 0.1) is 24.8 Å².